The molecule has 0 radical (unpaired) electrons. The van der Waals surface area contributed by atoms with Gasteiger partial charge in [-0.2, -0.15) is 0 Å². The van der Waals surface area contributed by atoms with E-state index in [1.54, 1.807) is 0 Å². The summed E-state index contributed by atoms with van der Waals surface area (Å²) in [5.74, 6) is 0.527. The van der Waals surface area contributed by atoms with Crippen LogP contribution in [0.1, 0.15) is 37.5 Å². The molecule has 0 aromatic carbocycles. The molecule has 2 unspecified atom stereocenters. The van der Waals surface area contributed by atoms with Crippen molar-refractivity contribution in [1.82, 2.24) is 10.3 Å². The molecule has 1 aliphatic heterocycles. The average Bonchev–Trinajstić information content (AvgIpc) is 3.21. The average molecular weight is 390 g/mol. The number of hydrogen-bond donors (Lipinski definition) is 1. The molecule has 2 heterocycles. The highest BCUT2D eigenvalue weighted by molar-refractivity contribution is 9.11. The van der Waals surface area contributed by atoms with Crippen LogP contribution in [-0.2, 0) is 4.74 Å². The first-order chi connectivity index (χ1) is 9.24. The van der Waals surface area contributed by atoms with Crippen molar-refractivity contribution in [1.29, 1.82) is 0 Å². The Morgan fingerprint density at radius 3 is 2.89 bits per heavy atom. The highest BCUT2D eigenvalue weighted by Crippen LogP contribution is 2.36. The van der Waals surface area contributed by atoms with E-state index in [0.717, 1.165) is 40.3 Å². The van der Waals surface area contributed by atoms with Gasteiger partial charge in [0.25, 0.3) is 0 Å². The monoisotopic (exact) mass is 388 g/mol. The number of hydrogen-bond acceptors (Lipinski definition) is 3. The molecule has 5 heteroatoms. The molecule has 3 nitrogen and oxygen atoms in total. The van der Waals surface area contributed by atoms with Crippen LogP contribution in [0.25, 0.3) is 0 Å². The minimum absolute atomic E-state index is 0.113. The van der Waals surface area contributed by atoms with Gasteiger partial charge in [-0.25, -0.2) is 0 Å². The highest BCUT2D eigenvalue weighted by atomic mass is 79.9. The Labute approximate surface area is 130 Å². The molecule has 19 heavy (non-hydrogen) atoms. The Hall–Kier alpha value is 0.0300. The van der Waals surface area contributed by atoms with Gasteiger partial charge in [-0.05, 0) is 63.6 Å². The Balaban J connectivity index is 1.74. The van der Waals surface area contributed by atoms with Crippen LogP contribution in [0.3, 0.4) is 0 Å². The van der Waals surface area contributed by atoms with Gasteiger partial charge < -0.3 is 10.1 Å². The fourth-order valence-corrected chi connectivity index (χ4v) is 3.81. The zero-order valence-electron chi connectivity index (χ0n) is 10.7. The molecule has 2 fully saturated rings. The Bertz CT molecular complexity index is 451. The van der Waals surface area contributed by atoms with E-state index in [4.69, 9.17) is 4.74 Å². The van der Waals surface area contributed by atoms with Gasteiger partial charge in [0.2, 0.25) is 0 Å². The zero-order chi connectivity index (χ0) is 13.2. The maximum atomic E-state index is 6.00. The molecule has 1 aromatic rings. The van der Waals surface area contributed by atoms with Crippen molar-refractivity contribution in [2.24, 2.45) is 5.92 Å². The predicted octanol–water partition coefficient (Wildman–Crippen LogP) is 3.83. The number of halogens is 2. The van der Waals surface area contributed by atoms with Gasteiger partial charge in [-0.15, -0.1) is 0 Å². The fourth-order valence-electron chi connectivity index (χ4n) is 2.59. The standard InChI is InChI=1S/C14H18Br2N2O/c15-10-6-12(16)13(18-8-10)14-9(2-1-5-19-14)7-17-11-3-4-11/h6,8-9,11,14,17H,1-5,7H2. The van der Waals surface area contributed by atoms with Crippen molar-refractivity contribution in [2.45, 2.75) is 37.8 Å². The van der Waals surface area contributed by atoms with Crippen LogP contribution in [-0.4, -0.2) is 24.2 Å². The van der Waals surface area contributed by atoms with Crippen molar-refractivity contribution < 1.29 is 4.74 Å². The van der Waals surface area contributed by atoms with Crippen LogP contribution < -0.4 is 5.32 Å². The number of nitrogens with one attached hydrogen (secondary N) is 1. The lowest BCUT2D eigenvalue weighted by molar-refractivity contribution is -0.0307. The van der Waals surface area contributed by atoms with E-state index in [-0.39, 0.29) is 6.10 Å². The molecule has 1 aliphatic carbocycles. The molecule has 0 bridgehead atoms. The van der Waals surface area contributed by atoms with Gasteiger partial charge in [-0.1, -0.05) is 0 Å². The van der Waals surface area contributed by atoms with E-state index in [2.05, 4.69) is 42.2 Å². The number of ether oxygens (including phenoxy) is 1. The lowest BCUT2D eigenvalue weighted by Crippen LogP contribution is -2.33. The van der Waals surface area contributed by atoms with Crippen molar-refractivity contribution in [3.63, 3.8) is 0 Å². The number of aromatic nitrogens is 1. The fraction of sp³-hybridized carbons (Fsp3) is 0.643. The molecule has 1 aromatic heterocycles. The van der Waals surface area contributed by atoms with Gasteiger partial charge in [-0.3, -0.25) is 4.98 Å². The van der Waals surface area contributed by atoms with E-state index in [1.165, 1.54) is 19.3 Å². The number of nitrogens with zero attached hydrogens (tertiary/aromatic N) is 1. The molecule has 2 aliphatic rings. The van der Waals surface area contributed by atoms with E-state index in [1.807, 2.05) is 12.3 Å². The predicted molar refractivity (Wildman–Crippen MR) is 82.1 cm³/mol. The lowest BCUT2D eigenvalue weighted by Gasteiger charge is -2.32. The summed E-state index contributed by atoms with van der Waals surface area (Å²) in [5.41, 5.74) is 1.03. The molecule has 0 spiro atoms. The summed E-state index contributed by atoms with van der Waals surface area (Å²) in [4.78, 5) is 4.55. The van der Waals surface area contributed by atoms with E-state index >= 15 is 0 Å². The van der Waals surface area contributed by atoms with E-state index < -0.39 is 0 Å². The lowest BCUT2D eigenvalue weighted by atomic mass is 9.91. The van der Waals surface area contributed by atoms with Gasteiger partial charge in [0.05, 0.1) is 5.69 Å². The van der Waals surface area contributed by atoms with Gasteiger partial charge in [0, 0.05) is 40.3 Å². The maximum Gasteiger partial charge on any atom is 0.105 e. The molecule has 2 atom stereocenters. The van der Waals surface area contributed by atoms with Crippen LogP contribution in [0, 0.1) is 5.92 Å². The zero-order valence-corrected chi connectivity index (χ0v) is 13.9. The first kappa shape index (κ1) is 14.0. The summed E-state index contributed by atoms with van der Waals surface area (Å²) in [6.07, 6.45) is 7.00. The van der Waals surface area contributed by atoms with Crippen LogP contribution in [0.5, 0.6) is 0 Å². The SMILES string of the molecule is Brc1cnc(C2OCCCC2CNC2CC2)c(Br)c1. The molecule has 3 rings (SSSR count). The topological polar surface area (TPSA) is 34.1 Å². The third kappa shape index (κ3) is 3.57. The smallest absolute Gasteiger partial charge is 0.105 e. The summed E-state index contributed by atoms with van der Waals surface area (Å²) in [7, 11) is 0. The van der Waals surface area contributed by atoms with E-state index in [9.17, 15) is 0 Å². The van der Waals surface area contributed by atoms with Crippen LogP contribution in [0.2, 0.25) is 0 Å². The quantitative estimate of drug-likeness (QED) is 0.849. The van der Waals surface area contributed by atoms with E-state index in [0.29, 0.717) is 5.92 Å². The minimum atomic E-state index is 0.113. The molecular weight excluding hydrogens is 372 g/mol. The van der Waals surface area contributed by atoms with Crippen molar-refractivity contribution in [3.8, 4) is 0 Å². The van der Waals surface area contributed by atoms with Gasteiger partial charge in [0.15, 0.2) is 0 Å². The van der Waals surface area contributed by atoms with Crippen molar-refractivity contribution >= 4 is 31.9 Å². The van der Waals surface area contributed by atoms with Crippen LogP contribution in [0.4, 0.5) is 0 Å². The Morgan fingerprint density at radius 1 is 1.32 bits per heavy atom. The normalized spacial score (nSPS) is 27.5. The molecule has 1 N–H and O–H groups in total. The third-order valence-corrected chi connectivity index (χ3v) is 4.87. The summed E-state index contributed by atoms with van der Waals surface area (Å²) in [5, 5.41) is 3.62. The first-order valence-electron chi connectivity index (χ1n) is 6.90. The van der Waals surface area contributed by atoms with Crippen LogP contribution >= 0.6 is 31.9 Å². The van der Waals surface area contributed by atoms with Gasteiger partial charge in [0.1, 0.15) is 6.10 Å². The Kier molecular flexibility index (Phi) is 4.57. The first-order valence-corrected chi connectivity index (χ1v) is 8.48. The second kappa shape index (κ2) is 6.20. The Morgan fingerprint density at radius 2 is 2.16 bits per heavy atom. The molecular formula is C14H18Br2N2O. The number of pyridine rings is 1. The summed E-state index contributed by atoms with van der Waals surface area (Å²) < 4.78 is 8.03. The number of rotatable bonds is 4. The highest BCUT2D eigenvalue weighted by Gasteiger charge is 2.31. The summed E-state index contributed by atoms with van der Waals surface area (Å²) in [6.45, 7) is 1.88. The van der Waals surface area contributed by atoms with Crippen LogP contribution in [0.15, 0.2) is 21.2 Å². The summed E-state index contributed by atoms with van der Waals surface area (Å²) in [6, 6.07) is 2.80. The maximum absolute atomic E-state index is 6.00. The van der Waals surface area contributed by atoms with Gasteiger partial charge >= 0.3 is 0 Å². The largest absolute Gasteiger partial charge is 0.372 e. The summed E-state index contributed by atoms with van der Waals surface area (Å²) >= 11 is 7.06. The molecule has 104 valence electrons. The third-order valence-electron chi connectivity index (χ3n) is 3.80. The van der Waals surface area contributed by atoms with Crippen molar-refractivity contribution in [2.75, 3.05) is 13.2 Å². The van der Waals surface area contributed by atoms with Crippen molar-refractivity contribution in [3.05, 3.63) is 26.9 Å². The second-order valence-electron chi connectivity index (χ2n) is 5.40. The minimum Gasteiger partial charge on any atom is -0.372 e. The molecule has 1 saturated carbocycles. The second-order valence-corrected chi connectivity index (χ2v) is 7.17. The molecule has 1 saturated heterocycles. The molecule has 0 amide bonds.